The van der Waals surface area contributed by atoms with E-state index in [9.17, 15) is 14.0 Å². The Labute approximate surface area is 172 Å². The minimum absolute atomic E-state index is 0.155. The first-order chi connectivity index (χ1) is 13.2. The van der Waals surface area contributed by atoms with Crippen molar-refractivity contribution < 1.29 is 18.7 Å². The number of carbonyl (C=O) groups is 2. The fraction of sp³-hybridized carbons (Fsp3) is 0.636. The summed E-state index contributed by atoms with van der Waals surface area (Å²) in [6.07, 6.45) is 6.17. The van der Waals surface area contributed by atoms with Gasteiger partial charge in [0, 0.05) is 30.8 Å². The van der Waals surface area contributed by atoms with Crippen LogP contribution in [0.1, 0.15) is 58.4 Å². The minimum atomic E-state index is -0.465. The number of ketones is 1. The molecule has 156 valence electrons. The molecule has 1 saturated heterocycles. The lowest BCUT2D eigenvalue weighted by Crippen LogP contribution is -2.41. The van der Waals surface area contributed by atoms with E-state index < -0.39 is 5.60 Å². The van der Waals surface area contributed by atoms with E-state index in [2.05, 4.69) is 0 Å². The van der Waals surface area contributed by atoms with Gasteiger partial charge in [-0.15, -0.1) is 11.8 Å². The summed E-state index contributed by atoms with van der Waals surface area (Å²) in [4.78, 5) is 26.7. The van der Waals surface area contributed by atoms with E-state index in [4.69, 9.17) is 4.74 Å². The average molecular weight is 410 g/mol. The lowest BCUT2D eigenvalue weighted by atomic mass is 9.91. The molecule has 0 atom stereocenters. The Kier molecular flexibility index (Phi) is 8.35. The zero-order valence-electron chi connectivity index (χ0n) is 17.4. The number of carbonyl (C=O) groups excluding carboxylic acids is 2. The molecule has 0 unspecified atom stereocenters. The number of likely N-dealkylation sites (tertiary alicyclic amines) is 1. The standard InChI is InChI=1S/C22H32FNO3S/c1-22(2,3)27-21(26)24-12-10-16(11-13-24)6-5-7-18(25)14-17-8-9-20(28-4)19(23)15-17/h8-9,15-16H,5-7,10-14H2,1-4H3. The smallest absolute Gasteiger partial charge is 0.410 e. The number of piperidine rings is 1. The molecule has 0 bridgehead atoms. The van der Waals surface area contributed by atoms with Gasteiger partial charge in [-0.2, -0.15) is 0 Å². The van der Waals surface area contributed by atoms with Gasteiger partial charge < -0.3 is 9.64 Å². The van der Waals surface area contributed by atoms with Crippen molar-refractivity contribution in [1.29, 1.82) is 0 Å². The van der Waals surface area contributed by atoms with Gasteiger partial charge in [0.05, 0.1) is 0 Å². The second-order valence-electron chi connectivity index (χ2n) is 8.49. The second kappa shape index (κ2) is 10.3. The fourth-order valence-corrected chi connectivity index (χ4v) is 3.91. The second-order valence-corrected chi connectivity index (χ2v) is 9.34. The van der Waals surface area contributed by atoms with Crippen LogP contribution in [0.3, 0.4) is 0 Å². The van der Waals surface area contributed by atoms with Crippen LogP contribution in [0.2, 0.25) is 0 Å². The fourth-order valence-electron chi connectivity index (χ4n) is 3.45. The third-order valence-electron chi connectivity index (χ3n) is 4.95. The number of rotatable bonds is 7. The highest BCUT2D eigenvalue weighted by Crippen LogP contribution is 2.25. The first-order valence-electron chi connectivity index (χ1n) is 10.00. The largest absolute Gasteiger partial charge is 0.444 e. The van der Waals surface area contributed by atoms with Crippen LogP contribution < -0.4 is 0 Å². The van der Waals surface area contributed by atoms with Gasteiger partial charge in [0.2, 0.25) is 0 Å². The molecule has 28 heavy (non-hydrogen) atoms. The zero-order valence-corrected chi connectivity index (χ0v) is 18.2. The SMILES string of the molecule is CSc1ccc(CC(=O)CCCC2CCN(C(=O)OC(C)(C)C)CC2)cc1F. The number of halogens is 1. The highest BCUT2D eigenvalue weighted by atomic mass is 32.2. The van der Waals surface area contributed by atoms with Gasteiger partial charge in [0.15, 0.2) is 0 Å². The maximum Gasteiger partial charge on any atom is 0.410 e. The topological polar surface area (TPSA) is 46.6 Å². The van der Waals surface area contributed by atoms with E-state index in [1.165, 1.54) is 17.8 Å². The van der Waals surface area contributed by atoms with Crippen molar-refractivity contribution in [2.45, 2.75) is 69.8 Å². The van der Waals surface area contributed by atoms with Gasteiger partial charge in [0.1, 0.15) is 17.2 Å². The van der Waals surface area contributed by atoms with E-state index in [0.29, 0.717) is 36.7 Å². The van der Waals surface area contributed by atoms with Crippen LogP contribution in [-0.2, 0) is 16.0 Å². The molecule has 0 N–H and O–H groups in total. The summed E-state index contributed by atoms with van der Waals surface area (Å²) < 4.78 is 19.2. The van der Waals surface area contributed by atoms with Crippen molar-refractivity contribution in [2.75, 3.05) is 19.3 Å². The molecular weight excluding hydrogens is 377 g/mol. The third kappa shape index (κ3) is 7.46. The number of thioether (sulfide) groups is 1. The van der Waals surface area contributed by atoms with Gasteiger partial charge in [-0.25, -0.2) is 9.18 Å². The van der Waals surface area contributed by atoms with Crippen LogP contribution in [0.4, 0.5) is 9.18 Å². The summed E-state index contributed by atoms with van der Waals surface area (Å²) in [7, 11) is 0. The molecule has 4 nitrogen and oxygen atoms in total. The molecule has 0 spiro atoms. The maximum absolute atomic E-state index is 13.8. The monoisotopic (exact) mass is 409 g/mol. The van der Waals surface area contributed by atoms with Gasteiger partial charge in [0.25, 0.3) is 0 Å². The average Bonchev–Trinajstić information content (AvgIpc) is 2.61. The Morgan fingerprint density at radius 1 is 1.25 bits per heavy atom. The maximum atomic E-state index is 13.8. The van der Waals surface area contributed by atoms with Crippen LogP contribution >= 0.6 is 11.8 Å². The predicted octanol–water partition coefficient (Wildman–Crippen LogP) is 5.48. The summed E-state index contributed by atoms with van der Waals surface area (Å²) in [5, 5.41) is 0. The molecule has 0 aliphatic carbocycles. The van der Waals surface area contributed by atoms with Gasteiger partial charge in [-0.3, -0.25) is 4.79 Å². The molecular formula is C22H32FNO3S. The van der Waals surface area contributed by atoms with Crippen LogP contribution in [0.25, 0.3) is 0 Å². The quantitative estimate of drug-likeness (QED) is 0.560. The van der Waals surface area contributed by atoms with Crippen LogP contribution in [0.15, 0.2) is 23.1 Å². The minimum Gasteiger partial charge on any atom is -0.444 e. The summed E-state index contributed by atoms with van der Waals surface area (Å²) in [6, 6.07) is 5.04. The Bertz CT molecular complexity index is 679. The number of hydrogen-bond donors (Lipinski definition) is 0. The predicted molar refractivity (Wildman–Crippen MR) is 111 cm³/mol. The van der Waals surface area contributed by atoms with Crippen molar-refractivity contribution in [1.82, 2.24) is 4.90 Å². The number of nitrogens with zero attached hydrogens (tertiary/aromatic N) is 1. The number of ether oxygens (including phenoxy) is 1. The Morgan fingerprint density at radius 2 is 1.93 bits per heavy atom. The van der Waals surface area contributed by atoms with Gasteiger partial charge >= 0.3 is 6.09 Å². The number of Topliss-reactive ketones (excluding diaryl/α,β-unsaturated/α-hetero) is 1. The molecule has 1 aliphatic heterocycles. The molecule has 1 fully saturated rings. The summed E-state index contributed by atoms with van der Waals surface area (Å²) in [6.45, 7) is 7.06. The van der Waals surface area contributed by atoms with Crippen molar-refractivity contribution in [3.05, 3.63) is 29.6 Å². The molecule has 0 saturated carbocycles. The normalized spacial score (nSPS) is 15.5. The molecule has 1 heterocycles. The zero-order chi connectivity index (χ0) is 20.7. The van der Waals surface area contributed by atoms with E-state index >= 15 is 0 Å². The highest BCUT2D eigenvalue weighted by molar-refractivity contribution is 7.98. The van der Waals surface area contributed by atoms with E-state index in [0.717, 1.165) is 31.2 Å². The summed E-state index contributed by atoms with van der Waals surface area (Å²) in [5.74, 6) is 0.446. The van der Waals surface area contributed by atoms with Crippen molar-refractivity contribution in [2.24, 2.45) is 5.92 Å². The van der Waals surface area contributed by atoms with Crippen molar-refractivity contribution >= 4 is 23.6 Å². The van der Waals surface area contributed by atoms with Crippen molar-refractivity contribution in [3.63, 3.8) is 0 Å². The molecule has 1 aromatic carbocycles. The molecule has 1 amide bonds. The van der Waals surface area contributed by atoms with E-state index in [1.54, 1.807) is 11.0 Å². The molecule has 0 radical (unpaired) electrons. The van der Waals surface area contributed by atoms with Crippen LogP contribution in [-0.4, -0.2) is 41.7 Å². The lowest BCUT2D eigenvalue weighted by molar-refractivity contribution is -0.118. The lowest BCUT2D eigenvalue weighted by Gasteiger charge is -2.33. The molecule has 1 aliphatic rings. The molecule has 1 aromatic rings. The number of amides is 1. The number of benzene rings is 1. The van der Waals surface area contributed by atoms with Gasteiger partial charge in [-0.05, 0) is 76.3 Å². The van der Waals surface area contributed by atoms with Crippen LogP contribution in [0, 0.1) is 11.7 Å². The Hall–Kier alpha value is -1.56. The van der Waals surface area contributed by atoms with E-state index in [-0.39, 0.29) is 17.7 Å². The molecule has 6 heteroatoms. The Balaban J connectivity index is 1.67. The van der Waals surface area contributed by atoms with Gasteiger partial charge in [-0.1, -0.05) is 6.07 Å². The van der Waals surface area contributed by atoms with Crippen molar-refractivity contribution in [3.8, 4) is 0 Å². The summed E-state index contributed by atoms with van der Waals surface area (Å²) in [5.41, 5.74) is 0.276. The highest BCUT2D eigenvalue weighted by Gasteiger charge is 2.26. The first-order valence-corrected chi connectivity index (χ1v) is 11.2. The first kappa shape index (κ1) is 22.7. The summed E-state index contributed by atoms with van der Waals surface area (Å²) >= 11 is 1.36. The van der Waals surface area contributed by atoms with E-state index in [1.807, 2.05) is 33.1 Å². The Morgan fingerprint density at radius 3 is 2.50 bits per heavy atom. The molecule has 2 rings (SSSR count). The number of hydrogen-bond acceptors (Lipinski definition) is 4. The van der Waals surface area contributed by atoms with Crippen LogP contribution in [0.5, 0.6) is 0 Å². The third-order valence-corrected chi connectivity index (χ3v) is 5.72. The molecule has 0 aromatic heterocycles.